The number of aromatic nitrogens is 2. The number of carbonyl (C=O) groups excluding carboxylic acids is 1. The van der Waals surface area contributed by atoms with E-state index in [1.807, 2.05) is 0 Å². The summed E-state index contributed by atoms with van der Waals surface area (Å²) in [6.07, 6.45) is 2.81. The highest BCUT2D eigenvalue weighted by molar-refractivity contribution is 7.99. The van der Waals surface area contributed by atoms with Crippen LogP contribution in [-0.4, -0.2) is 60.6 Å². The smallest absolute Gasteiger partial charge is 0.337 e. The number of hydrogen-bond acceptors (Lipinski definition) is 8. The highest BCUT2D eigenvalue weighted by Gasteiger charge is 2.22. The Morgan fingerprint density at radius 3 is 2.90 bits per heavy atom. The summed E-state index contributed by atoms with van der Waals surface area (Å²) >= 11 is 1.49. The molecule has 4 rings (SSSR count). The highest BCUT2D eigenvalue weighted by atomic mass is 32.2. The Labute approximate surface area is 172 Å². The van der Waals surface area contributed by atoms with E-state index in [-0.39, 0.29) is 17.8 Å². The third-order valence-electron chi connectivity index (χ3n) is 5.12. The number of esters is 1. The van der Waals surface area contributed by atoms with E-state index < -0.39 is 5.97 Å². The van der Waals surface area contributed by atoms with Gasteiger partial charge >= 0.3 is 5.97 Å². The lowest BCUT2D eigenvalue weighted by atomic mass is 10.1. The number of hydrogen-bond donors (Lipinski definition) is 0. The van der Waals surface area contributed by atoms with Gasteiger partial charge in [0.2, 0.25) is 0 Å². The lowest BCUT2D eigenvalue weighted by Gasteiger charge is -2.23. The Morgan fingerprint density at radius 1 is 1.28 bits per heavy atom. The molecule has 156 valence electrons. The summed E-state index contributed by atoms with van der Waals surface area (Å²) in [6, 6.07) is 4.84. The molecule has 29 heavy (non-hydrogen) atoms. The Balaban J connectivity index is 1.68. The van der Waals surface area contributed by atoms with Crippen molar-refractivity contribution in [1.29, 1.82) is 0 Å². The quantitative estimate of drug-likeness (QED) is 0.399. The molecule has 0 aliphatic carbocycles. The van der Waals surface area contributed by atoms with Gasteiger partial charge in [-0.15, -0.1) is 0 Å². The monoisotopic (exact) mass is 420 g/mol. The molecule has 0 spiro atoms. The van der Waals surface area contributed by atoms with Crippen LogP contribution in [0.1, 0.15) is 29.6 Å². The average molecular weight is 420 g/mol. The molecule has 3 heterocycles. The Kier molecular flexibility index (Phi) is 6.49. The van der Waals surface area contributed by atoms with Crippen molar-refractivity contribution in [3.8, 4) is 0 Å². The largest absolute Gasteiger partial charge is 0.465 e. The summed E-state index contributed by atoms with van der Waals surface area (Å²) in [4.78, 5) is 29.8. The molecule has 2 aliphatic rings. The number of nitrogens with zero attached hydrogens (tertiary/aromatic N) is 2. The zero-order valence-corrected chi connectivity index (χ0v) is 17.1. The third-order valence-corrected chi connectivity index (χ3v) is 6.23. The molecule has 0 radical (unpaired) electrons. The van der Waals surface area contributed by atoms with Gasteiger partial charge in [0.1, 0.15) is 6.79 Å². The minimum atomic E-state index is -0.456. The van der Waals surface area contributed by atoms with Gasteiger partial charge in [-0.1, -0.05) is 11.8 Å². The van der Waals surface area contributed by atoms with Crippen LogP contribution in [0.2, 0.25) is 0 Å². The first kappa shape index (κ1) is 20.3. The van der Waals surface area contributed by atoms with Gasteiger partial charge < -0.3 is 18.9 Å². The molecule has 0 saturated carbocycles. The van der Waals surface area contributed by atoms with E-state index in [2.05, 4.69) is 0 Å². The molecule has 0 amide bonds. The lowest BCUT2D eigenvalue weighted by molar-refractivity contribution is -0.130. The number of methoxy groups -OCH3 is 1. The van der Waals surface area contributed by atoms with Crippen molar-refractivity contribution < 1.29 is 23.7 Å². The number of benzene rings is 1. The molecular weight excluding hydrogens is 396 g/mol. The fourth-order valence-corrected chi connectivity index (χ4v) is 4.58. The van der Waals surface area contributed by atoms with Crippen molar-refractivity contribution in [2.75, 3.05) is 32.9 Å². The van der Waals surface area contributed by atoms with Gasteiger partial charge in [-0.2, -0.15) is 0 Å². The number of rotatable bonds is 6. The van der Waals surface area contributed by atoms with Crippen LogP contribution in [0.15, 0.2) is 28.2 Å². The SMILES string of the molecule is COC(=O)c1ccc2c(=O)n(C[C@@H]3CCCO3)c(SC[C@H]3CCOCO3)nc2c1. The maximum absolute atomic E-state index is 13.2. The van der Waals surface area contributed by atoms with Gasteiger partial charge in [0.15, 0.2) is 5.16 Å². The molecule has 2 fully saturated rings. The molecular formula is C20H24N2O6S. The summed E-state index contributed by atoms with van der Waals surface area (Å²) in [5.74, 6) is 0.214. The Morgan fingerprint density at radius 2 is 2.17 bits per heavy atom. The molecule has 8 nitrogen and oxygen atoms in total. The van der Waals surface area contributed by atoms with Crippen LogP contribution in [0.25, 0.3) is 10.9 Å². The number of fused-ring (bicyclic) bond motifs is 1. The summed E-state index contributed by atoms with van der Waals surface area (Å²) in [5, 5.41) is 1.08. The first-order chi connectivity index (χ1) is 14.2. The van der Waals surface area contributed by atoms with E-state index in [4.69, 9.17) is 23.9 Å². The zero-order valence-electron chi connectivity index (χ0n) is 16.3. The van der Waals surface area contributed by atoms with Crippen LogP contribution in [-0.2, 0) is 25.5 Å². The minimum absolute atomic E-state index is 0.0139. The maximum atomic E-state index is 13.2. The molecule has 0 unspecified atom stereocenters. The molecule has 2 aliphatic heterocycles. The van der Waals surface area contributed by atoms with Crippen molar-refractivity contribution in [1.82, 2.24) is 9.55 Å². The van der Waals surface area contributed by atoms with Crippen molar-refractivity contribution in [3.63, 3.8) is 0 Å². The summed E-state index contributed by atoms with van der Waals surface area (Å²) in [7, 11) is 1.33. The normalized spacial score (nSPS) is 22.1. The number of carbonyl (C=O) groups is 1. The van der Waals surface area contributed by atoms with Crippen LogP contribution in [0.3, 0.4) is 0 Å². The molecule has 1 aromatic carbocycles. The summed E-state index contributed by atoms with van der Waals surface area (Å²) < 4.78 is 23.1. The lowest BCUT2D eigenvalue weighted by Crippen LogP contribution is -2.30. The molecule has 2 atom stereocenters. The second-order valence-corrected chi connectivity index (χ2v) is 8.07. The molecule has 2 saturated heterocycles. The van der Waals surface area contributed by atoms with Crippen LogP contribution in [0, 0.1) is 0 Å². The van der Waals surface area contributed by atoms with E-state index >= 15 is 0 Å². The molecule has 1 aromatic heterocycles. The molecule has 2 aromatic rings. The zero-order chi connectivity index (χ0) is 20.2. The third kappa shape index (κ3) is 4.63. The topological polar surface area (TPSA) is 88.9 Å². The van der Waals surface area contributed by atoms with Gasteiger partial charge in [-0.3, -0.25) is 9.36 Å². The fourth-order valence-electron chi connectivity index (χ4n) is 3.51. The highest BCUT2D eigenvalue weighted by Crippen LogP contribution is 2.24. The van der Waals surface area contributed by atoms with Crippen molar-refractivity contribution >= 4 is 28.6 Å². The van der Waals surface area contributed by atoms with E-state index in [9.17, 15) is 9.59 Å². The van der Waals surface area contributed by atoms with Crippen LogP contribution in [0.5, 0.6) is 0 Å². The average Bonchev–Trinajstić information content (AvgIpc) is 3.27. The van der Waals surface area contributed by atoms with Gasteiger partial charge in [0.05, 0.1) is 48.9 Å². The molecule has 0 N–H and O–H groups in total. The molecule has 0 bridgehead atoms. The maximum Gasteiger partial charge on any atom is 0.337 e. The predicted molar refractivity (Wildman–Crippen MR) is 107 cm³/mol. The van der Waals surface area contributed by atoms with Crippen LogP contribution in [0.4, 0.5) is 0 Å². The van der Waals surface area contributed by atoms with Gasteiger partial charge in [0.25, 0.3) is 5.56 Å². The van der Waals surface area contributed by atoms with Gasteiger partial charge in [0, 0.05) is 12.4 Å². The second kappa shape index (κ2) is 9.25. The fraction of sp³-hybridized carbons (Fsp3) is 0.550. The van der Waals surface area contributed by atoms with E-state index in [0.29, 0.717) is 47.3 Å². The number of thioether (sulfide) groups is 1. The molecule has 9 heteroatoms. The van der Waals surface area contributed by atoms with E-state index in [1.165, 1.54) is 18.9 Å². The van der Waals surface area contributed by atoms with Crippen LogP contribution >= 0.6 is 11.8 Å². The van der Waals surface area contributed by atoms with E-state index in [1.54, 1.807) is 22.8 Å². The van der Waals surface area contributed by atoms with Crippen LogP contribution < -0.4 is 5.56 Å². The van der Waals surface area contributed by atoms with Crippen molar-refractivity contribution in [3.05, 3.63) is 34.1 Å². The summed E-state index contributed by atoms with van der Waals surface area (Å²) in [5.41, 5.74) is 0.724. The first-order valence-corrected chi connectivity index (χ1v) is 10.7. The summed E-state index contributed by atoms with van der Waals surface area (Å²) in [6.45, 7) is 2.15. The van der Waals surface area contributed by atoms with Gasteiger partial charge in [-0.25, -0.2) is 9.78 Å². The number of ether oxygens (including phenoxy) is 4. The van der Waals surface area contributed by atoms with Crippen molar-refractivity contribution in [2.45, 2.75) is 43.2 Å². The van der Waals surface area contributed by atoms with Crippen molar-refractivity contribution in [2.24, 2.45) is 0 Å². The van der Waals surface area contributed by atoms with E-state index in [0.717, 1.165) is 25.9 Å². The Hall–Kier alpha value is -1.94. The Bertz CT molecular complexity index is 934. The first-order valence-electron chi connectivity index (χ1n) is 9.72. The predicted octanol–water partition coefficient (Wildman–Crippen LogP) is 2.22. The minimum Gasteiger partial charge on any atom is -0.465 e. The van der Waals surface area contributed by atoms with Gasteiger partial charge in [-0.05, 0) is 37.5 Å². The second-order valence-electron chi connectivity index (χ2n) is 7.08. The standard InChI is InChI=1S/C20H24N2O6S/c1-25-19(24)13-4-5-16-17(9-13)21-20(29-11-15-6-8-26-12-28-15)22(18(16)23)10-14-3-2-7-27-14/h4-5,9,14-15H,2-3,6-8,10-12H2,1H3/t14-,15+/m0/s1.